The van der Waals surface area contributed by atoms with Gasteiger partial charge in [-0.05, 0) is 36.1 Å². The van der Waals surface area contributed by atoms with Gasteiger partial charge in [0.2, 0.25) is 0 Å². The van der Waals surface area contributed by atoms with Crippen LogP contribution < -0.4 is 0 Å². The average molecular weight is 273 g/mol. The number of rotatable bonds is 3. The molecule has 0 saturated carbocycles. The van der Waals surface area contributed by atoms with Crippen LogP contribution in [0.3, 0.4) is 0 Å². The number of halogens is 1. The van der Waals surface area contributed by atoms with E-state index in [0.29, 0.717) is 0 Å². The van der Waals surface area contributed by atoms with E-state index in [1.165, 1.54) is 12.1 Å². The molecule has 19 heavy (non-hydrogen) atoms. The molecular formula is C14H12FN3S. The highest BCUT2D eigenvalue weighted by molar-refractivity contribution is 7.99. The molecule has 0 bridgehead atoms. The standard InChI is InChI=1S/C14H12FN3S/c1-2-19-14-13-9-12(17-18(13)8-7-16-14)10-3-5-11(15)6-4-10/h3-9H,2H2,1H3. The third kappa shape index (κ3) is 2.33. The van der Waals surface area contributed by atoms with Crippen molar-refractivity contribution < 1.29 is 4.39 Å². The van der Waals surface area contributed by atoms with Crippen LogP contribution in [0, 0.1) is 5.82 Å². The van der Waals surface area contributed by atoms with E-state index >= 15 is 0 Å². The summed E-state index contributed by atoms with van der Waals surface area (Å²) < 4.78 is 14.7. The van der Waals surface area contributed by atoms with E-state index in [1.54, 1.807) is 30.1 Å². The topological polar surface area (TPSA) is 30.2 Å². The summed E-state index contributed by atoms with van der Waals surface area (Å²) >= 11 is 1.68. The van der Waals surface area contributed by atoms with E-state index in [0.717, 1.165) is 27.6 Å². The van der Waals surface area contributed by atoms with Crippen molar-refractivity contribution in [2.75, 3.05) is 5.75 Å². The minimum Gasteiger partial charge on any atom is -0.246 e. The first-order valence-electron chi connectivity index (χ1n) is 6.01. The van der Waals surface area contributed by atoms with Crippen molar-refractivity contribution in [1.29, 1.82) is 0 Å². The minimum absolute atomic E-state index is 0.239. The Labute approximate surface area is 114 Å². The van der Waals surface area contributed by atoms with Crippen LogP contribution in [0.15, 0.2) is 47.8 Å². The number of thioether (sulfide) groups is 1. The van der Waals surface area contributed by atoms with Crippen LogP contribution in [0.2, 0.25) is 0 Å². The van der Waals surface area contributed by atoms with Crippen molar-refractivity contribution in [3.63, 3.8) is 0 Å². The highest BCUT2D eigenvalue weighted by Crippen LogP contribution is 2.25. The Morgan fingerprint density at radius 1 is 1.26 bits per heavy atom. The average Bonchev–Trinajstić information content (AvgIpc) is 2.85. The van der Waals surface area contributed by atoms with E-state index < -0.39 is 0 Å². The zero-order valence-corrected chi connectivity index (χ0v) is 11.2. The third-order valence-corrected chi connectivity index (χ3v) is 3.65. The van der Waals surface area contributed by atoms with Crippen molar-refractivity contribution in [2.45, 2.75) is 11.9 Å². The molecule has 3 nitrogen and oxygen atoms in total. The Morgan fingerprint density at radius 3 is 2.79 bits per heavy atom. The van der Waals surface area contributed by atoms with Gasteiger partial charge in [0.05, 0.1) is 11.2 Å². The van der Waals surface area contributed by atoms with E-state index in [2.05, 4.69) is 17.0 Å². The van der Waals surface area contributed by atoms with Crippen molar-refractivity contribution in [1.82, 2.24) is 14.6 Å². The van der Waals surface area contributed by atoms with Gasteiger partial charge in [0.1, 0.15) is 10.8 Å². The van der Waals surface area contributed by atoms with Gasteiger partial charge < -0.3 is 0 Å². The Bertz CT molecular complexity index is 706. The summed E-state index contributed by atoms with van der Waals surface area (Å²) in [6.07, 6.45) is 3.56. The lowest BCUT2D eigenvalue weighted by Gasteiger charge is -1.98. The fraction of sp³-hybridized carbons (Fsp3) is 0.143. The second kappa shape index (κ2) is 5.01. The van der Waals surface area contributed by atoms with Gasteiger partial charge in [-0.3, -0.25) is 0 Å². The van der Waals surface area contributed by atoms with Crippen LogP contribution in [0.5, 0.6) is 0 Å². The summed E-state index contributed by atoms with van der Waals surface area (Å²) in [7, 11) is 0. The molecule has 0 unspecified atom stereocenters. The molecule has 0 aliphatic carbocycles. The first-order valence-corrected chi connectivity index (χ1v) is 6.99. The van der Waals surface area contributed by atoms with Gasteiger partial charge in [-0.2, -0.15) is 5.10 Å². The lowest BCUT2D eigenvalue weighted by molar-refractivity contribution is 0.628. The van der Waals surface area contributed by atoms with Gasteiger partial charge in [-0.1, -0.05) is 6.92 Å². The largest absolute Gasteiger partial charge is 0.246 e. The molecule has 96 valence electrons. The number of nitrogens with zero attached hydrogens (tertiary/aromatic N) is 3. The molecule has 2 heterocycles. The predicted molar refractivity (Wildman–Crippen MR) is 74.8 cm³/mol. The highest BCUT2D eigenvalue weighted by atomic mass is 32.2. The lowest BCUT2D eigenvalue weighted by Crippen LogP contribution is -1.90. The zero-order valence-electron chi connectivity index (χ0n) is 10.4. The number of hydrogen-bond acceptors (Lipinski definition) is 3. The molecule has 0 aliphatic heterocycles. The maximum atomic E-state index is 12.9. The molecule has 3 rings (SSSR count). The summed E-state index contributed by atoms with van der Waals surface area (Å²) in [5, 5.41) is 5.46. The van der Waals surface area contributed by atoms with Crippen LogP contribution >= 0.6 is 11.8 Å². The summed E-state index contributed by atoms with van der Waals surface area (Å²) in [5.74, 6) is 0.723. The molecule has 3 aromatic rings. The Hall–Kier alpha value is -1.88. The van der Waals surface area contributed by atoms with Crippen molar-refractivity contribution >= 4 is 17.3 Å². The Balaban J connectivity index is 2.11. The van der Waals surface area contributed by atoms with E-state index in [1.807, 2.05) is 16.8 Å². The first kappa shape index (κ1) is 12.2. The van der Waals surface area contributed by atoms with Gasteiger partial charge >= 0.3 is 0 Å². The summed E-state index contributed by atoms with van der Waals surface area (Å²) in [6, 6.07) is 8.34. The van der Waals surface area contributed by atoms with Crippen molar-refractivity contribution in [3.8, 4) is 11.3 Å². The van der Waals surface area contributed by atoms with Crippen LogP contribution in [0.1, 0.15) is 6.92 Å². The molecule has 0 spiro atoms. The van der Waals surface area contributed by atoms with Crippen LogP contribution in [-0.4, -0.2) is 20.4 Å². The van der Waals surface area contributed by atoms with Crippen LogP contribution in [0.25, 0.3) is 16.8 Å². The highest BCUT2D eigenvalue weighted by Gasteiger charge is 2.08. The third-order valence-electron chi connectivity index (χ3n) is 2.78. The SMILES string of the molecule is CCSc1nccn2nc(-c3ccc(F)cc3)cc12. The Kier molecular flexibility index (Phi) is 3.21. The molecule has 0 amide bonds. The molecule has 5 heteroatoms. The van der Waals surface area contributed by atoms with Gasteiger partial charge in [0.25, 0.3) is 0 Å². The molecule has 0 fully saturated rings. The smallest absolute Gasteiger partial charge is 0.123 e. The van der Waals surface area contributed by atoms with Gasteiger partial charge in [0, 0.05) is 18.0 Å². The molecule has 0 N–H and O–H groups in total. The second-order valence-corrected chi connectivity index (χ2v) is 5.28. The second-order valence-electron chi connectivity index (χ2n) is 4.03. The minimum atomic E-state index is -0.239. The maximum Gasteiger partial charge on any atom is 0.123 e. The molecule has 0 saturated heterocycles. The normalized spacial score (nSPS) is 11.1. The van der Waals surface area contributed by atoms with Gasteiger partial charge in [-0.15, -0.1) is 11.8 Å². The van der Waals surface area contributed by atoms with Gasteiger partial charge in [0.15, 0.2) is 0 Å². The van der Waals surface area contributed by atoms with E-state index in [4.69, 9.17) is 0 Å². The quantitative estimate of drug-likeness (QED) is 0.682. The van der Waals surface area contributed by atoms with Crippen LogP contribution in [0.4, 0.5) is 4.39 Å². The van der Waals surface area contributed by atoms with Crippen LogP contribution in [-0.2, 0) is 0 Å². The van der Waals surface area contributed by atoms with Crippen molar-refractivity contribution in [3.05, 3.63) is 48.5 Å². The summed E-state index contributed by atoms with van der Waals surface area (Å²) in [4.78, 5) is 4.36. The first-order chi connectivity index (χ1) is 9.28. The molecule has 0 atom stereocenters. The molecule has 0 aliphatic rings. The fourth-order valence-electron chi connectivity index (χ4n) is 1.91. The number of aromatic nitrogens is 3. The monoisotopic (exact) mass is 273 g/mol. The summed E-state index contributed by atoms with van der Waals surface area (Å²) in [5.41, 5.74) is 2.71. The number of benzene rings is 1. The molecule has 1 aromatic carbocycles. The zero-order chi connectivity index (χ0) is 13.2. The number of fused-ring (bicyclic) bond motifs is 1. The molecular weight excluding hydrogens is 261 g/mol. The fourth-order valence-corrected chi connectivity index (χ4v) is 2.62. The van der Waals surface area contributed by atoms with Gasteiger partial charge in [-0.25, -0.2) is 13.9 Å². The summed E-state index contributed by atoms with van der Waals surface area (Å²) in [6.45, 7) is 2.09. The maximum absolute atomic E-state index is 12.9. The van der Waals surface area contributed by atoms with E-state index in [9.17, 15) is 4.39 Å². The lowest BCUT2D eigenvalue weighted by atomic mass is 10.1. The number of hydrogen-bond donors (Lipinski definition) is 0. The van der Waals surface area contributed by atoms with E-state index in [-0.39, 0.29) is 5.82 Å². The molecule has 0 radical (unpaired) electrons. The molecule has 2 aromatic heterocycles. The Morgan fingerprint density at radius 2 is 2.05 bits per heavy atom. The predicted octanol–water partition coefficient (Wildman–Crippen LogP) is 3.65. The van der Waals surface area contributed by atoms with Crippen molar-refractivity contribution in [2.24, 2.45) is 0 Å².